The van der Waals surface area contributed by atoms with Crippen molar-refractivity contribution in [3.8, 4) is 0 Å². The molecule has 2 rings (SSSR count). The highest BCUT2D eigenvalue weighted by atomic mass is 16.5. The van der Waals surface area contributed by atoms with E-state index in [0.717, 1.165) is 24.0 Å². The Balaban J connectivity index is 2.23. The van der Waals surface area contributed by atoms with E-state index < -0.39 is 0 Å². The van der Waals surface area contributed by atoms with Gasteiger partial charge in [0.1, 0.15) is 0 Å². The second-order valence-electron chi connectivity index (χ2n) is 5.00. The number of benzene rings is 1. The van der Waals surface area contributed by atoms with Crippen molar-refractivity contribution >= 4 is 16.6 Å². The highest BCUT2D eigenvalue weighted by Gasteiger charge is 2.16. The molecule has 0 aliphatic heterocycles. The third-order valence-corrected chi connectivity index (χ3v) is 3.35. The topological polar surface area (TPSA) is 40.2 Å². The third-order valence-electron chi connectivity index (χ3n) is 3.35. The van der Waals surface area contributed by atoms with Crippen molar-refractivity contribution < 1.29 is 4.74 Å². The summed E-state index contributed by atoms with van der Waals surface area (Å²) in [6, 6.07) is 8.11. The van der Waals surface area contributed by atoms with Crippen LogP contribution in [0.2, 0.25) is 0 Å². The van der Waals surface area contributed by atoms with Gasteiger partial charge in [-0.2, -0.15) is 0 Å². The molecule has 1 heterocycles. The van der Waals surface area contributed by atoms with Gasteiger partial charge in [0.05, 0.1) is 11.1 Å². The van der Waals surface area contributed by atoms with Crippen LogP contribution in [-0.4, -0.2) is 17.3 Å². The summed E-state index contributed by atoms with van der Waals surface area (Å²) in [7, 11) is 1.76. The fraction of sp³-hybridized carbons (Fsp3) is 0.429. The smallest absolute Gasteiger partial charge is 0.0639 e. The molecule has 0 aliphatic rings. The molecule has 0 saturated heterocycles. The SMILES string of the molecule is COC(C)(C)CCn1ccc2c(N)cccc21. The van der Waals surface area contributed by atoms with E-state index in [1.54, 1.807) is 7.11 Å². The first kappa shape index (κ1) is 12.0. The summed E-state index contributed by atoms with van der Waals surface area (Å²) in [5, 5.41) is 1.13. The lowest BCUT2D eigenvalue weighted by atomic mass is 10.1. The van der Waals surface area contributed by atoms with Gasteiger partial charge in [-0.15, -0.1) is 0 Å². The number of nitrogens with zero attached hydrogens (tertiary/aromatic N) is 1. The van der Waals surface area contributed by atoms with E-state index in [-0.39, 0.29) is 5.60 Å². The van der Waals surface area contributed by atoms with Gasteiger partial charge in [-0.3, -0.25) is 0 Å². The summed E-state index contributed by atoms with van der Waals surface area (Å²) in [5.41, 5.74) is 7.88. The van der Waals surface area contributed by atoms with Crippen LogP contribution in [0.25, 0.3) is 10.9 Å². The van der Waals surface area contributed by atoms with E-state index in [1.165, 1.54) is 5.52 Å². The number of anilines is 1. The van der Waals surface area contributed by atoms with Crippen LogP contribution in [-0.2, 0) is 11.3 Å². The molecule has 0 aliphatic carbocycles. The Hall–Kier alpha value is -1.48. The average Bonchev–Trinajstić information content (AvgIpc) is 2.71. The van der Waals surface area contributed by atoms with Crippen molar-refractivity contribution in [2.75, 3.05) is 12.8 Å². The Kier molecular flexibility index (Phi) is 3.11. The monoisotopic (exact) mass is 232 g/mol. The minimum absolute atomic E-state index is 0.0864. The van der Waals surface area contributed by atoms with Crippen molar-refractivity contribution in [1.29, 1.82) is 0 Å². The van der Waals surface area contributed by atoms with E-state index in [1.807, 2.05) is 12.1 Å². The molecule has 0 bridgehead atoms. The minimum Gasteiger partial charge on any atom is -0.398 e. The molecule has 1 aromatic carbocycles. The molecule has 3 heteroatoms. The summed E-state index contributed by atoms with van der Waals surface area (Å²) in [6.07, 6.45) is 3.06. The van der Waals surface area contributed by atoms with Gasteiger partial charge in [0.25, 0.3) is 0 Å². The molecule has 0 atom stereocenters. The van der Waals surface area contributed by atoms with Gasteiger partial charge >= 0.3 is 0 Å². The Labute approximate surface area is 102 Å². The number of rotatable bonds is 4. The van der Waals surface area contributed by atoms with Crippen LogP contribution in [0.3, 0.4) is 0 Å². The number of nitrogens with two attached hydrogens (primary N) is 1. The van der Waals surface area contributed by atoms with E-state index in [4.69, 9.17) is 10.5 Å². The van der Waals surface area contributed by atoms with Crippen LogP contribution in [0.15, 0.2) is 30.5 Å². The summed E-state index contributed by atoms with van der Waals surface area (Å²) >= 11 is 0. The van der Waals surface area contributed by atoms with Gasteiger partial charge in [0.15, 0.2) is 0 Å². The van der Waals surface area contributed by atoms with Gasteiger partial charge in [-0.1, -0.05) is 6.07 Å². The molecule has 17 heavy (non-hydrogen) atoms. The molecule has 0 saturated carbocycles. The first-order valence-corrected chi connectivity index (χ1v) is 5.92. The van der Waals surface area contributed by atoms with Gasteiger partial charge in [0.2, 0.25) is 0 Å². The second-order valence-corrected chi connectivity index (χ2v) is 5.00. The van der Waals surface area contributed by atoms with Crippen LogP contribution < -0.4 is 5.73 Å². The molecule has 0 fully saturated rings. The second kappa shape index (κ2) is 4.41. The molecule has 1 aromatic heterocycles. The normalized spacial score (nSPS) is 12.2. The zero-order valence-electron chi connectivity index (χ0n) is 10.7. The molecule has 0 spiro atoms. The number of ether oxygens (including phenoxy) is 1. The van der Waals surface area contributed by atoms with Crippen LogP contribution in [0, 0.1) is 0 Å². The molecule has 2 aromatic rings. The zero-order valence-corrected chi connectivity index (χ0v) is 10.7. The Morgan fingerprint density at radius 3 is 2.76 bits per heavy atom. The third kappa shape index (κ3) is 2.44. The largest absolute Gasteiger partial charge is 0.398 e. The van der Waals surface area contributed by atoms with Crippen molar-refractivity contribution in [3.05, 3.63) is 30.5 Å². The Bertz CT molecular complexity index is 514. The van der Waals surface area contributed by atoms with E-state index in [9.17, 15) is 0 Å². The molecule has 3 nitrogen and oxygen atoms in total. The number of methoxy groups -OCH3 is 1. The van der Waals surface area contributed by atoms with Crippen LogP contribution >= 0.6 is 0 Å². The summed E-state index contributed by atoms with van der Waals surface area (Å²) in [6.45, 7) is 5.15. The van der Waals surface area contributed by atoms with Crippen LogP contribution in [0.1, 0.15) is 20.3 Å². The predicted octanol–water partition coefficient (Wildman–Crippen LogP) is 3.04. The lowest BCUT2D eigenvalue weighted by molar-refractivity contribution is 0.0123. The first-order valence-electron chi connectivity index (χ1n) is 5.92. The number of nitrogen functional groups attached to an aromatic ring is 1. The average molecular weight is 232 g/mol. The van der Waals surface area contributed by atoms with Crippen molar-refractivity contribution in [2.24, 2.45) is 0 Å². The quantitative estimate of drug-likeness (QED) is 0.823. The summed E-state index contributed by atoms with van der Waals surface area (Å²) in [5.74, 6) is 0. The van der Waals surface area contributed by atoms with Gasteiger partial charge < -0.3 is 15.0 Å². The molecule has 0 amide bonds. The van der Waals surface area contributed by atoms with Gasteiger partial charge in [-0.05, 0) is 38.5 Å². The molecule has 2 N–H and O–H groups in total. The first-order chi connectivity index (χ1) is 8.03. The summed E-state index contributed by atoms with van der Waals surface area (Å²) < 4.78 is 7.66. The van der Waals surface area contributed by atoms with Crippen LogP contribution in [0.5, 0.6) is 0 Å². The van der Waals surface area contributed by atoms with E-state index in [2.05, 4.69) is 36.7 Å². The number of aryl methyl sites for hydroxylation is 1. The maximum atomic E-state index is 5.94. The molecule has 92 valence electrons. The fourth-order valence-corrected chi connectivity index (χ4v) is 1.93. The predicted molar refractivity (Wildman–Crippen MR) is 72.1 cm³/mol. The highest BCUT2D eigenvalue weighted by molar-refractivity contribution is 5.91. The fourth-order valence-electron chi connectivity index (χ4n) is 1.93. The number of hydrogen-bond acceptors (Lipinski definition) is 2. The maximum absolute atomic E-state index is 5.94. The number of fused-ring (bicyclic) bond motifs is 1. The molecular formula is C14H20N2O. The van der Waals surface area contributed by atoms with E-state index in [0.29, 0.717) is 0 Å². The lowest BCUT2D eigenvalue weighted by Crippen LogP contribution is -2.24. The summed E-state index contributed by atoms with van der Waals surface area (Å²) in [4.78, 5) is 0. The zero-order chi connectivity index (χ0) is 12.5. The van der Waals surface area contributed by atoms with Crippen LogP contribution in [0.4, 0.5) is 5.69 Å². The molecular weight excluding hydrogens is 212 g/mol. The molecule has 0 unspecified atom stereocenters. The highest BCUT2D eigenvalue weighted by Crippen LogP contribution is 2.23. The molecule has 0 radical (unpaired) electrons. The maximum Gasteiger partial charge on any atom is 0.0639 e. The van der Waals surface area contributed by atoms with Crippen molar-refractivity contribution in [1.82, 2.24) is 4.57 Å². The standard InChI is InChI=1S/C14H20N2O/c1-14(2,17-3)8-10-16-9-7-11-12(15)5-4-6-13(11)16/h4-7,9H,8,10,15H2,1-3H3. The van der Waals surface area contributed by atoms with Crippen molar-refractivity contribution in [2.45, 2.75) is 32.4 Å². The van der Waals surface area contributed by atoms with E-state index >= 15 is 0 Å². The number of hydrogen-bond donors (Lipinski definition) is 1. The lowest BCUT2D eigenvalue weighted by Gasteiger charge is -2.23. The van der Waals surface area contributed by atoms with Gasteiger partial charge in [0, 0.05) is 30.9 Å². The van der Waals surface area contributed by atoms with Gasteiger partial charge in [-0.25, -0.2) is 0 Å². The Morgan fingerprint density at radius 2 is 2.06 bits per heavy atom. The minimum atomic E-state index is -0.0864. The van der Waals surface area contributed by atoms with Crippen molar-refractivity contribution in [3.63, 3.8) is 0 Å². The Morgan fingerprint density at radius 1 is 1.29 bits per heavy atom. The number of aromatic nitrogens is 1.